The van der Waals surface area contributed by atoms with Gasteiger partial charge in [0.2, 0.25) is 11.8 Å². The molecule has 0 aromatic rings. The van der Waals surface area contributed by atoms with Crippen LogP contribution in [0.5, 0.6) is 0 Å². The minimum absolute atomic E-state index is 0.0356. The Morgan fingerprint density at radius 3 is 2.27 bits per heavy atom. The molecule has 86 valence electrons. The summed E-state index contributed by atoms with van der Waals surface area (Å²) in [5.74, 6) is -0.497. The number of rotatable bonds is 4. The molecule has 2 amide bonds. The van der Waals surface area contributed by atoms with Crippen molar-refractivity contribution in [1.29, 1.82) is 0 Å². The van der Waals surface area contributed by atoms with E-state index in [0.717, 1.165) is 0 Å². The highest BCUT2D eigenvalue weighted by Crippen LogP contribution is 2.63. The number of carbonyl (C=O) groups excluding carboxylic acids is 2. The minimum atomic E-state index is -0.988. The third-order valence-corrected chi connectivity index (χ3v) is 3.64. The van der Waals surface area contributed by atoms with Crippen LogP contribution in [-0.2, 0) is 9.59 Å². The molecule has 0 saturated heterocycles. The third-order valence-electron chi connectivity index (χ3n) is 2.54. The quantitative estimate of drug-likeness (QED) is 0.729. The summed E-state index contributed by atoms with van der Waals surface area (Å²) in [6.07, 6.45) is 0.421. The van der Waals surface area contributed by atoms with E-state index in [1.807, 2.05) is 6.92 Å². The lowest BCUT2D eigenvalue weighted by molar-refractivity contribution is -0.129. The highest BCUT2D eigenvalue weighted by molar-refractivity contribution is 6.53. The average molecular weight is 253 g/mol. The molecule has 1 atom stereocenters. The number of amides is 2. The summed E-state index contributed by atoms with van der Waals surface area (Å²) in [4.78, 5) is 22.7. The van der Waals surface area contributed by atoms with Gasteiger partial charge in [0, 0.05) is 6.54 Å². The van der Waals surface area contributed by atoms with Crippen LogP contribution in [0.25, 0.3) is 0 Å². The zero-order valence-electron chi connectivity index (χ0n) is 8.69. The first-order valence-electron chi connectivity index (χ1n) is 4.76. The van der Waals surface area contributed by atoms with Gasteiger partial charge in [-0.05, 0) is 20.3 Å². The minimum Gasteiger partial charge on any atom is -0.355 e. The maximum Gasteiger partial charge on any atom is 0.239 e. The maximum absolute atomic E-state index is 11.6. The Morgan fingerprint density at radius 1 is 1.33 bits per heavy atom. The van der Waals surface area contributed by atoms with Crippen molar-refractivity contribution in [2.45, 2.75) is 24.6 Å². The van der Waals surface area contributed by atoms with Crippen LogP contribution >= 0.6 is 23.2 Å². The van der Waals surface area contributed by atoms with Crippen LogP contribution in [0.3, 0.4) is 0 Å². The number of likely N-dealkylation sites (N-methyl/N-ethyl adjacent to an activating group) is 1. The van der Waals surface area contributed by atoms with Gasteiger partial charge in [-0.15, -0.1) is 23.2 Å². The van der Waals surface area contributed by atoms with Gasteiger partial charge in [0.05, 0.1) is 12.0 Å². The average Bonchev–Trinajstić information content (AvgIpc) is 2.64. The Kier molecular flexibility index (Phi) is 3.51. The van der Waals surface area contributed by atoms with E-state index in [1.165, 1.54) is 0 Å². The van der Waals surface area contributed by atoms with Gasteiger partial charge in [-0.2, -0.15) is 0 Å². The van der Waals surface area contributed by atoms with E-state index >= 15 is 0 Å². The lowest BCUT2D eigenvalue weighted by Crippen LogP contribution is -2.40. The van der Waals surface area contributed by atoms with E-state index in [4.69, 9.17) is 23.2 Å². The van der Waals surface area contributed by atoms with Gasteiger partial charge in [-0.3, -0.25) is 9.59 Å². The van der Waals surface area contributed by atoms with Gasteiger partial charge in [0.25, 0.3) is 0 Å². The van der Waals surface area contributed by atoms with E-state index in [1.54, 1.807) is 6.92 Å². The summed E-state index contributed by atoms with van der Waals surface area (Å²) >= 11 is 11.6. The molecule has 1 aliphatic rings. The van der Waals surface area contributed by atoms with Crippen LogP contribution in [0.2, 0.25) is 0 Å². The molecule has 1 fully saturated rings. The number of carbonyl (C=O) groups is 2. The molecule has 15 heavy (non-hydrogen) atoms. The van der Waals surface area contributed by atoms with Crippen molar-refractivity contribution in [3.63, 3.8) is 0 Å². The number of hydrogen-bond donors (Lipinski definition) is 2. The summed E-state index contributed by atoms with van der Waals surface area (Å²) in [5, 5.41) is 5.08. The topological polar surface area (TPSA) is 58.2 Å². The smallest absolute Gasteiger partial charge is 0.239 e. The second-order valence-electron chi connectivity index (χ2n) is 3.85. The maximum atomic E-state index is 11.6. The van der Waals surface area contributed by atoms with Gasteiger partial charge < -0.3 is 10.6 Å². The van der Waals surface area contributed by atoms with Crippen molar-refractivity contribution in [2.75, 3.05) is 13.1 Å². The lowest BCUT2D eigenvalue weighted by atomic mass is 10.1. The van der Waals surface area contributed by atoms with E-state index < -0.39 is 9.75 Å². The fourth-order valence-corrected chi connectivity index (χ4v) is 1.97. The molecule has 4 nitrogen and oxygen atoms in total. The Hall–Kier alpha value is -0.480. The number of hydrogen-bond acceptors (Lipinski definition) is 2. The second kappa shape index (κ2) is 4.18. The zero-order chi connectivity index (χ0) is 11.7. The first kappa shape index (κ1) is 12.6. The predicted molar refractivity (Wildman–Crippen MR) is 58.9 cm³/mol. The molecule has 6 heteroatoms. The molecule has 0 unspecified atom stereocenters. The molecule has 0 spiro atoms. The number of nitrogens with one attached hydrogen (secondary N) is 2. The van der Waals surface area contributed by atoms with E-state index in [9.17, 15) is 9.59 Å². The SMILES string of the molecule is CCNC(=O)CNC(=O)[C@@]1(C)CC1(Cl)Cl. The van der Waals surface area contributed by atoms with Gasteiger partial charge >= 0.3 is 0 Å². The summed E-state index contributed by atoms with van der Waals surface area (Å²) in [6, 6.07) is 0. The highest BCUT2D eigenvalue weighted by atomic mass is 35.5. The Balaban J connectivity index is 2.35. The summed E-state index contributed by atoms with van der Waals surface area (Å²) in [7, 11) is 0. The molecule has 1 aliphatic carbocycles. The van der Waals surface area contributed by atoms with Crippen molar-refractivity contribution >= 4 is 35.0 Å². The van der Waals surface area contributed by atoms with Crippen LogP contribution in [0.15, 0.2) is 0 Å². The first-order chi connectivity index (χ1) is 6.83. The Bertz CT molecular complexity index is 294. The molecule has 1 rings (SSSR count). The van der Waals surface area contributed by atoms with Crippen molar-refractivity contribution in [1.82, 2.24) is 10.6 Å². The number of alkyl halides is 2. The lowest BCUT2D eigenvalue weighted by Gasteiger charge is -2.12. The van der Waals surface area contributed by atoms with Gasteiger partial charge in [0.15, 0.2) is 0 Å². The fraction of sp³-hybridized carbons (Fsp3) is 0.778. The molecule has 2 N–H and O–H groups in total. The molecular formula is C9H14Cl2N2O2. The largest absolute Gasteiger partial charge is 0.355 e. The van der Waals surface area contributed by atoms with Crippen molar-refractivity contribution in [3.05, 3.63) is 0 Å². The van der Waals surface area contributed by atoms with Crippen LogP contribution in [0.1, 0.15) is 20.3 Å². The van der Waals surface area contributed by atoms with Gasteiger partial charge in [-0.1, -0.05) is 0 Å². The van der Waals surface area contributed by atoms with Crippen molar-refractivity contribution < 1.29 is 9.59 Å². The van der Waals surface area contributed by atoms with E-state index in [2.05, 4.69) is 10.6 Å². The van der Waals surface area contributed by atoms with Gasteiger partial charge in [-0.25, -0.2) is 0 Å². The first-order valence-corrected chi connectivity index (χ1v) is 5.52. The third kappa shape index (κ3) is 2.55. The zero-order valence-corrected chi connectivity index (χ0v) is 10.2. The molecule has 0 heterocycles. The molecule has 0 aromatic heterocycles. The highest BCUT2D eigenvalue weighted by Gasteiger charge is 2.67. The molecule has 1 saturated carbocycles. The van der Waals surface area contributed by atoms with Crippen LogP contribution in [0.4, 0.5) is 0 Å². The molecular weight excluding hydrogens is 239 g/mol. The van der Waals surface area contributed by atoms with E-state index in [-0.39, 0.29) is 18.4 Å². The standard InChI is InChI=1S/C9H14Cl2N2O2/c1-3-12-6(14)4-13-7(15)8(2)5-9(8,10)11/h3-5H2,1-2H3,(H,12,14)(H,13,15)/t8-/m1/s1. The summed E-state index contributed by atoms with van der Waals surface area (Å²) in [6.45, 7) is 4.00. The molecule has 0 aliphatic heterocycles. The van der Waals surface area contributed by atoms with Crippen LogP contribution in [-0.4, -0.2) is 29.2 Å². The summed E-state index contributed by atoms with van der Waals surface area (Å²) in [5.41, 5.74) is -0.761. The van der Waals surface area contributed by atoms with Crippen LogP contribution < -0.4 is 10.6 Å². The second-order valence-corrected chi connectivity index (χ2v) is 5.33. The van der Waals surface area contributed by atoms with Crippen LogP contribution in [0, 0.1) is 5.41 Å². The predicted octanol–water partition coefficient (Wildman–Crippen LogP) is 0.823. The Morgan fingerprint density at radius 2 is 1.87 bits per heavy atom. The number of halogens is 2. The summed E-state index contributed by atoms with van der Waals surface area (Å²) < 4.78 is -0.988. The molecule has 0 radical (unpaired) electrons. The fourth-order valence-electron chi connectivity index (χ4n) is 1.26. The van der Waals surface area contributed by atoms with Gasteiger partial charge in [0.1, 0.15) is 4.33 Å². The normalized spacial score (nSPS) is 26.9. The van der Waals surface area contributed by atoms with E-state index in [0.29, 0.717) is 13.0 Å². The van der Waals surface area contributed by atoms with Crippen molar-refractivity contribution in [3.8, 4) is 0 Å². The Labute approximate surface area is 98.7 Å². The molecule has 0 bridgehead atoms. The van der Waals surface area contributed by atoms with Crippen molar-refractivity contribution in [2.24, 2.45) is 5.41 Å². The molecule has 0 aromatic carbocycles. The monoisotopic (exact) mass is 252 g/mol.